The van der Waals surface area contributed by atoms with Crippen LogP contribution in [-0.2, 0) is 19.6 Å². The zero-order valence-electron chi connectivity index (χ0n) is 13.1. The maximum atomic E-state index is 11.8. The molecule has 7 heteroatoms. The van der Waals surface area contributed by atoms with Crippen molar-refractivity contribution >= 4 is 15.9 Å². The van der Waals surface area contributed by atoms with Crippen molar-refractivity contribution in [3.63, 3.8) is 0 Å². The number of unbranched alkanes of at least 4 members (excludes halogenated alkanes) is 2. The van der Waals surface area contributed by atoms with E-state index >= 15 is 0 Å². The fraction of sp³-hybridized carbons (Fsp3) is 0.929. The second-order valence-corrected chi connectivity index (χ2v) is 7.55. The van der Waals surface area contributed by atoms with Gasteiger partial charge >= 0.3 is 0 Å². The molecule has 1 N–H and O–H groups in total. The Balaban J connectivity index is 2.33. The summed E-state index contributed by atoms with van der Waals surface area (Å²) in [5, 5.41) is 2.83. The summed E-state index contributed by atoms with van der Waals surface area (Å²) in [6.45, 7) is 4.04. The lowest BCUT2D eigenvalue weighted by Crippen LogP contribution is -2.39. The van der Waals surface area contributed by atoms with Gasteiger partial charge in [-0.2, -0.15) is 4.31 Å². The first kappa shape index (κ1) is 18.4. The van der Waals surface area contributed by atoms with E-state index in [9.17, 15) is 13.2 Å². The molecule has 1 rings (SSSR count). The van der Waals surface area contributed by atoms with Gasteiger partial charge in [-0.25, -0.2) is 8.42 Å². The molecule has 124 valence electrons. The predicted molar refractivity (Wildman–Crippen MR) is 82.5 cm³/mol. The van der Waals surface area contributed by atoms with Crippen molar-refractivity contribution < 1.29 is 17.9 Å². The summed E-state index contributed by atoms with van der Waals surface area (Å²) in [5.41, 5.74) is 0. The van der Waals surface area contributed by atoms with Crippen LogP contribution in [-0.4, -0.2) is 57.2 Å². The Bertz CT molecular complexity index is 405. The van der Waals surface area contributed by atoms with Crippen LogP contribution < -0.4 is 5.32 Å². The maximum Gasteiger partial charge on any atom is 0.221 e. The molecule has 1 saturated heterocycles. The summed E-state index contributed by atoms with van der Waals surface area (Å²) in [6.07, 6.45) is 6.37. The number of nitrogens with zero attached hydrogens (tertiary/aromatic N) is 1. The lowest BCUT2D eigenvalue weighted by molar-refractivity contribution is -0.121. The fourth-order valence-electron chi connectivity index (χ4n) is 2.33. The first-order valence-electron chi connectivity index (χ1n) is 7.77. The zero-order valence-corrected chi connectivity index (χ0v) is 14.0. The van der Waals surface area contributed by atoms with Gasteiger partial charge < -0.3 is 10.1 Å². The van der Waals surface area contributed by atoms with Crippen LogP contribution in [0.5, 0.6) is 0 Å². The molecule has 0 saturated carbocycles. The Morgan fingerprint density at radius 2 is 2.14 bits per heavy atom. The first-order chi connectivity index (χ1) is 9.93. The van der Waals surface area contributed by atoms with Crippen LogP contribution >= 0.6 is 0 Å². The molecule has 21 heavy (non-hydrogen) atoms. The minimum atomic E-state index is -3.30. The fourth-order valence-corrected chi connectivity index (χ4v) is 3.19. The highest BCUT2D eigenvalue weighted by atomic mass is 32.2. The quantitative estimate of drug-likeness (QED) is 0.612. The van der Waals surface area contributed by atoms with E-state index in [1.165, 1.54) is 10.6 Å². The largest absolute Gasteiger partial charge is 0.377 e. The molecule has 0 spiro atoms. The highest BCUT2D eigenvalue weighted by Crippen LogP contribution is 2.15. The molecule has 1 amide bonds. The third kappa shape index (κ3) is 7.78. The van der Waals surface area contributed by atoms with Crippen molar-refractivity contribution in [3.8, 4) is 0 Å². The highest BCUT2D eigenvalue weighted by molar-refractivity contribution is 7.88. The van der Waals surface area contributed by atoms with Crippen molar-refractivity contribution in [2.24, 2.45) is 0 Å². The monoisotopic (exact) mass is 320 g/mol. The van der Waals surface area contributed by atoms with Crippen LogP contribution in [0.1, 0.15) is 45.4 Å². The molecule has 1 aliphatic rings. The summed E-state index contributed by atoms with van der Waals surface area (Å²) in [7, 11) is -3.30. The summed E-state index contributed by atoms with van der Waals surface area (Å²) < 4.78 is 30.4. The molecule has 0 aliphatic carbocycles. The van der Waals surface area contributed by atoms with Gasteiger partial charge in [-0.3, -0.25) is 4.79 Å². The minimum Gasteiger partial charge on any atom is -0.377 e. The second-order valence-electron chi connectivity index (χ2n) is 5.56. The average molecular weight is 320 g/mol. The van der Waals surface area contributed by atoms with E-state index in [-0.39, 0.29) is 25.0 Å². The SMILES string of the molecule is CCCCCNC(=O)CCN(CC1CCCO1)S(C)(=O)=O. The molecule has 0 bridgehead atoms. The molecule has 1 heterocycles. The normalized spacial score (nSPS) is 19.1. The van der Waals surface area contributed by atoms with Gasteiger partial charge in [-0.05, 0) is 19.3 Å². The number of ether oxygens (including phenoxy) is 1. The van der Waals surface area contributed by atoms with E-state index in [2.05, 4.69) is 12.2 Å². The van der Waals surface area contributed by atoms with E-state index in [0.29, 0.717) is 19.7 Å². The molecule has 0 radical (unpaired) electrons. The summed E-state index contributed by atoms with van der Waals surface area (Å²) in [6, 6.07) is 0. The average Bonchev–Trinajstić information content (AvgIpc) is 2.91. The number of carbonyl (C=O) groups excluding carboxylic acids is 1. The van der Waals surface area contributed by atoms with Crippen molar-refractivity contribution in [3.05, 3.63) is 0 Å². The van der Waals surface area contributed by atoms with Gasteiger partial charge in [0.25, 0.3) is 0 Å². The number of nitrogens with one attached hydrogen (secondary N) is 1. The highest BCUT2D eigenvalue weighted by Gasteiger charge is 2.24. The molecule has 1 fully saturated rings. The van der Waals surface area contributed by atoms with Gasteiger partial charge in [-0.15, -0.1) is 0 Å². The van der Waals surface area contributed by atoms with Crippen molar-refractivity contribution in [1.29, 1.82) is 0 Å². The number of carbonyl (C=O) groups is 1. The number of hydrogen-bond donors (Lipinski definition) is 1. The van der Waals surface area contributed by atoms with Crippen LogP contribution in [0.4, 0.5) is 0 Å². The lowest BCUT2D eigenvalue weighted by atomic mass is 10.2. The number of rotatable bonds is 10. The molecule has 6 nitrogen and oxygen atoms in total. The van der Waals surface area contributed by atoms with E-state index in [1.807, 2.05) is 0 Å². The third-order valence-corrected chi connectivity index (χ3v) is 4.86. The van der Waals surface area contributed by atoms with Gasteiger partial charge in [0.1, 0.15) is 0 Å². The lowest BCUT2D eigenvalue weighted by Gasteiger charge is -2.22. The summed E-state index contributed by atoms with van der Waals surface area (Å²) in [5.74, 6) is -0.0907. The van der Waals surface area contributed by atoms with Crippen LogP contribution in [0, 0.1) is 0 Å². The van der Waals surface area contributed by atoms with Crippen LogP contribution in [0.2, 0.25) is 0 Å². The topological polar surface area (TPSA) is 75.7 Å². The van der Waals surface area contributed by atoms with Crippen LogP contribution in [0.15, 0.2) is 0 Å². The van der Waals surface area contributed by atoms with Crippen molar-refractivity contribution in [2.45, 2.75) is 51.6 Å². The Hall–Kier alpha value is -0.660. The zero-order chi connectivity index (χ0) is 15.7. The molecule has 1 unspecified atom stereocenters. The van der Waals surface area contributed by atoms with Crippen LogP contribution in [0.3, 0.4) is 0 Å². The minimum absolute atomic E-state index is 0.0349. The smallest absolute Gasteiger partial charge is 0.221 e. The number of sulfonamides is 1. The Morgan fingerprint density at radius 3 is 2.71 bits per heavy atom. The molecule has 0 aromatic heterocycles. The first-order valence-corrected chi connectivity index (χ1v) is 9.61. The van der Waals surface area contributed by atoms with Gasteiger partial charge in [-0.1, -0.05) is 19.8 Å². The number of hydrogen-bond acceptors (Lipinski definition) is 4. The third-order valence-electron chi connectivity index (χ3n) is 3.59. The number of amides is 1. The van der Waals surface area contributed by atoms with Gasteiger partial charge in [0, 0.05) is 32.7 Å². The van der Waals surface area contributed by atoms with E-state index < -0.39 is 10.0 Å². The Labute approximate surface area is 128 Å². The second kappa shape index (κ2) is 9.38. The summed E-state index contributed by atoms with van der Waals surface area (Å²) in [4.78, 5) is 11.7. The van der Waals surface area contributed by atoms with Gasteiger partial charge in [0.15, 0.2) is 0 Å². The molecular weight excluding hydrogens is 292 g/mol. The van der Waals surface area contributed by atoms with Gasteiger partial charge in [0.05, 0.1) is 12.4 Å². The Kier molecular flexibility index (Phi) is 8.21. The summed E-state index contributed by atoms with van der Waals surface area (Å²) >= 11 is 0. The molecule has 1 aliphatic heterocycles. The molecule has 1 atom stereocenters. The van der Waals surface area contributed by atoms with Crippen LogP contribution in [0.25, 0.3) is 0 Å². The Morgan fingerprint density at radius 1 is 1.38 bits per heavy atom. The standard InChI is InChI=1S/C14H28N2O4S/c1-3-4-5-9-15-14(17)8-10-16(21(2,18)19)12-13-7-6-11-20-13/h13H,3-12H2,1-2H3,(H,15,17). The molecule has 0 aromatic rings. The predicted octanol–water partition coefficient (Wildman–Crippen LogP) is 1.12. The van der Waals surface area contributed by atoms with Crippen molar-refractivity contribution in [2.75, 3.05) is 32.5 Å². The van der Waals surface area contributed by atoms with Crippen molar-refractivity contribution in [1.82, 2.24) is 9.62 Å². The molecule has 0 aromatic carbocycles. The maximum absolute atomic E-state index is 11.8. The molecular formula is C14H28N2O4S. The van der Waals surface area contributed by atoms with Gasteiger partial charge in [0.2, 0.25) is 15.9 Å². The van der Waals surface area contributed by atoms with E-state index in [4.69, 9.17) is 4.74 Å². The van der Waals surface area contributed by atoms with E-state index in [1.54, 1.807) is 0 Å². The van der Waals surface area contributed by atoms with E-state index in [0.717, 1.165) is 32.1 Å².